The first-order chi connectivity index (χ1) is 11.2. The van der Waals surface area contributed by atoms with E-state index in [1.165, 1.54) is 16.3 Å². The second-order valence-corrected chi connectivity index (χ2v) is 7.00. The molecule has 124 valence electrons. The molecule has 1 aliphatic heterocycles. The third kappa shape index (κ3) is 3.86. The zero-order chi connectivity index (χ0) is 16.2. The zero-order valence-electron chi connectivity index (χ0n) is 13.5. The highest BCUT2D eigenvalue weighted by molar-refractivity contribution is 6.20. The summed E-state index contributed by atoms with van der Waals surface area (Å²) in [5.74, 6) is 0.332. The summed E-state index contributed by atoms with van der Waals surface area (Å²) >= 11 is 6.10. The number of rotatable bonds is 5. The van der Waals surface area contributed by atoms with Gasteiger partial charge < -0.3 is 15.7 Å². The molecule has 0 bridgehead atoms. The SMILES string of the molecule is CNCC(c1ccc2ccccc2c1)[C@@H](O)C1CCC(Cl)NC1. The quantitative estimate of drug-likeness (QED) is 0.582. The van der Waals surface area contributed by atoms with Crippen LogP contribution in [0.1, 0.15) is 24.3 Å². The van der Waals surface area contributed by atoms with E-state index in [1.807, 2.05) is 7.05 Å². The van der Waals surface area contributed by atoms with Gasteiger partial charge in [0.05, 0.1) is 11.6 Å². The second kappa shape index (κ2) is 7.63. The normalized spacial score (nSPS) is 24.5. The minimum absolute atomic E-state index is 0.0434. The molecular weight excluding hydrogens is 308 g/mol. The van der Waals surface area contributed by atoms with Gasteiger partial charge in [0, 0.05) is 19.0 Å². The predicted molar refractivity (Wildman–Crippen MR) is 97.0 cm³/mol. The Morgan fingerprint density at radius 1 is 1.22 bits per heavy atom. The fourth-order valence-electron chi connectivity index (χ4n) is 3.56. The van der Waals surface area contributed by atoms with Crippen LogP contribution >= 0.6 is 11.6 Å². The Labute approximate surface area is 143 Å². The van der Waals surface area contributed by atoms with Crippen LogP contribution in [0.2, 0.25) is 0 Å². The lowest BCUT2D eigenvalue weighted by molar-refractivity contribution is 0.0650. The number of halogens is 1. The molecule has 3 nitrogen and oxygen atoms in total. The fourth-order valence-corrected chi connectivity index (χ4v) is 3.77. The molecule has 0 saturated carbocycles. The Kier molecular flexibility index (Phi) is 5.54. The van der Waals surface area contributed by atoms with Crippen molar-refractivity contribution in [3.63, 3.8) is 0 Å². The summed E-state index contributed by atoms with van der Waals surface area (Å²) < 4.78 is 0. The van der Waals surface area contributed by atoms with Gasteiger partial charge in [-0.15, -0.1) is 11.6 Å². The van der Waals surface area contributed by atoms with Gasteiger partial charge in [-0.2, -0.15) is 0 Å². The Balaban J connectivity index is 1.84. The summed E-state index contributed by atoms with van der Waals surface area (Å²) in [6.07, 6.45) is 1.50. The van der Waals surface area contributed by atoms with E-state index >= 15 is 0 Å². The summed E-state index contributed by atoms with van der Waals surface area (Å²) in [7, 11) is 1.94. The van der Waals surface area contributed by atoms with Gasteiger partial charge in [-0.05, 0) is 42.1 Å². The molecule has 4 heteroatoms. The number of alkyl halides is 1. The maximum Gasteiger partial charge on any atom is 0.0825 e. The molecule has 1 fully saturated rings. The van der Waals surface area contributed by atoms with E-state index in [1.54, 1.807) is 0 Å². The first-order valence-corrected chi connectivity index (χ1v) is 8.81. The van der Waals surface area contributed by atoms with E-state index < -0.39 is 0 Å². The summed E-state index contributed by atoms with van der Waals surface area (Å²) in [5, 5.41) is 19.9. The molecule has 3 N–H and O–H groups in total. The van der Waals surface area contributed by atoms with Crippen molar-refractivity contribution in [3.05, 3.63) is 48.0 Å². The zero-order valence-corrected chi connectivity index (χ0v) is 14.3. The number of aliphatic hydroxyl groups excluding tert-OH is 1. The fraction of sp³-hybridized carbons (Fsp3) is 0.474. The smallest absolute Gasteiger partial charge is 0.0825 e. The number of nitrogens with one attached hydrogen (secondary N) is 2. The lowest BCUT2D eigenvalue weighted by Crippen LogP contribution is -2.44. The van der Waals surface area contributed by atoms with Crippen LogP contribution in [-0.4, -0.2) is 36.8 Å². The van der Waals surface area contributed by atoms with Crippen LogP contribution in [0.4, 0.5) is 0 Å². The molecule has 0 aromatic heterocycles. The first-order valence-electron chi connectivity index (χ1n) is 8.38. The molecule has 3 rings (SSSR count). The molecule has 2 aromatic rings. The predicted octanol–water partition coefficient (Wildman–Crippen LogP) is 3.07. The highest BCUT2D eigenvalue weighted by Crippen LogP contribution is 2.30. The van der Waals surface area contributed by atoms with Gasteiger partial charge in [0.15, 0.2) is 0 Å². The minimum Gasteiger partial charge on any atom is -0.392 e. The molecular formula is C19H25ClN2O. The molecule has 1 heterocycles. The van der Waals surface area contributed by atoms with Crippen LogP contribution < -0.4 is 10.6 Å². The third-order valence-electron chi connectivity index (χ3n) is 4.91. The summed E-state index contributed by atoms with van der Waals surface area (Å²) in [6.45, 7) is 1.55. The number of piperidine rings is 1. The number of benzene rings is 2. The van der Waals surface area contributed by atoms with Crippen LogP contribution in [0.5, 0.6) is 0 Å². The number of hydrogen-bond acceptors (Lipinski definition) is 3. The first kappa shape index (κ1) is 16.7. The van der Waals surface area contributed by atoms with Crippen molar-refractivity contribution >= 4 is 22.4 Å². The van der Waals surface area contributed by atoms with Crippen LogP contribution in [0, 0.1) is 5.92 Å². The third-order valence-corrected chi connectivity index (χ3v) is 5.29. The molecule has 23 heavy (non-hydrogen) atoms. The van der Waals surface area contributed by atoms with Crippen molar-refractivity contribution in [2.45, 2.75) is 30.4 Å². The van der Waals surface area contributed by atoms with Crippen LogP contribution in [0.25, 0.3) is 10.8 Å². The van der Waals surface area contributed by atoms with Crippen LogP contribution in [0.15, 0.2) is 42.5 Å². The topological polar surface area (TPSA) is 44.3 Å². The number of aliphatic hydroxyl groups is 1. The Morgan fingerprint density at radius 2 is 2.00 bits per heavy atom. The Hall–Kier alpha value is -1.13. The minimum atomic E-state index is -0.375. The van der Waals surface area contributed by atoms with E-state index in [-0.39, 0.29) is 23.4 Å². The maximum absolute atomic E-state index is 11.0. The Morgan fingerprint density at radius 3 is 2.70 bits per heavy atom. The summed E-state index contributed by atoms with van der Waals surface area (Å²) in [5.41, 5.74) is 1.24. The van der Waals surface area contributed by atoms with E-state index in [0.717, 1.165) is 25.9 Å². The molecule has 3 unspecified atom stereocenters. The molecule has 2 aromatic carbocycles. The van der Waals surface area contributed by atoms with Crippen LogP contribution in [-0.2, 0) is 0 Å². The van der Waals surface area contributed by atoms with Gasteiger partial charge in [-0.25, -0.2) is 0 Å². The van der Waals surface area contributed by atoms with Gasteiger partial charge >= 0.3 is 0 Å². The standard InChI is InChI=1S/C19H25ClN2O/c1-21-12-17(19(23)16-8-9-18(20)22-11-16)15-7-6-13-4-2-3-5-14(13)10-15/h2-7,10,16-19,21-23H,8-9,11-12H2,1H3/t16?,17?,18?,19-/m0/s1. The van der Waals surface area contributed by atoms with Gasteiger partial charge in [-0.3, -0.25) is 0 Å². The Bertz CT molecular complexity index is 640. The van der Waals surface area contributed by atoms with Crippen molar-refractivity contribution in [2.24, 2.45) is 5.92 Å². The van der Waals surface area contributed by atoms with Gasteiger partial charge in [0.25, 0.3) is 0 Å². The number of hydrogen-bond donors (Lipinski definition) is 3. The van der Waals surface area contributed by atoms with Crippen molar-refractivity contribution in [1.29, 1.82) is 0 Å². The molecule has 0 spiro atoms. The lowest BCUT2D eigenvalue weighted by Gasteiger charge is -2.34. The molecule has 4 atom stereocenters. The van der Waals surface area contributed by atoms with E-state index in [0.29, 0.717) is 0 Å². The van der Waals surface area contributed by atoms with Crippen molar-refractivity contribution in [2.75, 3.05) is 20.1 Å². The van der Waals surface area contributed by atoms with Gasteiger partial charge in [-0.1, -0.05) is 42.5 Å². The number of fused-ring (bicyclic) bond motifs is 1. The second-order valence-electron chi connectivity index (χ2n) is 6.47. The average molecular weight is 333 g/mol. The molecule has 0 radical (unpaired) electrons. The summed E-state index contributed by atoms with van der Waals surface area (Å²) in [6, 6.07) is 14.9. The lowest BCUT2D eigenvalue weighted by atomic mass is 9.81. The monoisotopic (exact) mass is 332 g/mol. The molecule has 1 saturated heterocycles. The average Bonchev–Trinajstić information content (AvgIpc) is 2.59. The maximum atomic E-state index is 11.0. The van der Waals surface area contributed by atoms with Crippen molar-refractivity contribution in [3.8, 4) is 0 Å². The van der Waals surface area contributed by atoms with E-state index in [2.05, 4.69) is 53.1 Å². The van der Waals surface area contributed by atoms with Gasteiger partial charge in [0.1, 0.15) is 0 Å². The molecule has 0 aliphatic carbocycles. The van der Waals surface area contributed by atoms with Gasteiger partial charge in [0.2, 0.25) is 0 Å². The molecule has 0 amide bonds. The molecule has 1 aliphatic rings. The highest BCUT2D eigenvalue weighted by Gasteiger charge is 2.31. The van der Waals surface area contributed by atoms with Crippen molar-refractivity contribution < 1.29 is 5.11 Å². The van der Waals surface area contributed by atoms with E-state index in [4.69, 9.17) is 11.6 Å². The van der Waals surface area contributed by atoms with E-state index in [9.17, 15) is 5.11 Å². The largest absolute Gasteiger partial charge is 0.392 e. The van der Waals surface area contributed by atoms with Crippen LogP contribution in [0.3, 0.4) is 0 Å². The summed E-state index contributed by atoms with van der Waals surface area (Å²) in [4.78, 5) is 0. The highest BCUT2D eigenvalue weighted by atomic mass is 35.5. The number of likely N-dealkylation sites (N-methyl/N-ethyl adjacent to an activating group) is 1. The van der Waals surface area contributed by atoms with Crippen molar-refractivity contribution in [1.82, 2.24) is 10.6 Å².